The Hall–Kier alpha value is -7.62. The second kappa shape index (κ2) is 13.5. The standard InChI is InChI=1S/C66H53NO2/c1-36-22-24-39(25-23-36)48-35-52-55(57-46-17-11-14-20-53(46)68-62(48)57)44-28-26-40(33-50(44)64(52,4)5)67(42-31-37(2)30-38(3)32-42)41-27-29-45-51(34-41)66(8,9)61-59(45)63-58(47-18-12-15-21-54(47)69-63)56-43-16-10-13-19-49(43)65(6,7)60(56)61/h10-35H,1-9H3. The van der Waals surface area contributed by atoms with Gasteiger partial charge in [0, 0.05) is 66.0 Å². The summed E-state index contributed by atoms with van der Waals surface area (Å²) in [5, 5.41) is 4.76. The fourth-order valence-electron chi connectivity index (χ4n) is 13.4. The average molecular weight is 892 g/mol. The molecule has 0 fully saturated rings. The van der Waals surface area contributed by atoms with Gasteiger partial charge in [-0.05, 0) is 153 Å². The first-order valence-electron chi connectivity index (χ1n) is 24.6. The highest BCUT2D eigenvalue weighted by atomic mass is 16.3. The lowest BCUT2D eigenvalue weighted by atomic mass is 9.72. The zero-order chi connectivity index (χ0) is 47.0. The van der Waals surface area contributed by atoms with Crippen molar-refractivity contribution in [1.29, 1.82) is 0 Å². The molecule has 0 spiro atoms. The van der Waals surface area contributed by atoms with Crippen LogP contribution in [0.15, 0.2) is 167 Å². The summed E-state index contributed by atoms with van der Waals surface area (Å²) in [6, 6.07) is 58.9. The number of aryl methyl sites for hydroxylation is 3. The predicted octanol–water partition coefficient (Wildman–Crippen LogP) is 18.5. The van der Waals surface area contributed by atoms with Crippen LogP contribution in [0.5, 0.6) is 0 Å². The number of nitrogens with zero attached hydrogens (tertiary/aromatic N) is 1. The number of benzene rings is 9. The van der Waals surface area contributed by atoms with E-state index in [9.17, 15) is 0 Å². The highest BCUT2D eigenvalue weighted by Gasteiger charge is 2.49. The zero-order valence-corrected chi connectivity index (χ0v) is 40.8. The fraction of sp³-hybridized carbons (Fsp3) is 0.182. The lowest BCUT2D eigenvalue weighted by molar-refractivity contribution is 0.600. The molecule has 0 saturated heterocycles. The van der Waals surface area contributed by atoms with Gasteiger partial charge in [-0.3, -0.25) is 0 Å². The number of hydrogen-bond acceptors (Lipinski definition) is 3. The minimum absolute atomic E-state index is 0.208. The number of anilines is 3. The summed E-state index contributed by atoms with van der Waals surface area (Å²) in [7, 11) is 0. The van der Waals surface area contributed by atoms with E-state index in [2.05, 4.69) is 225 Å². The number of furan rings is 2. The van der Waals surface area contributed by atoms with Crippen LogP contribution in [0.25, 0.3) is 88.4 Å². The summed E-state index contributed by atoms with van der Waals surface area (Å²) < 4.78 is 13.9. The van der Waals surface area contributed by atoms with Gasteiger partial charge in [-0.1, -0.05) is 150 Å². The largest absolute Gasteiger partial charge is 0.455 e. The van der Waals surface area contributed by atoms with Crippen LogP contribution in [0, 0.1) is 20.8 Å². The third kappa shape index (κ3) is 5.28. The highest BCUT2D eigenvalue weighted by Crippen LogP contribution is 2.64. The van der Waals surface area contributed by atoms with Gasteiger partial charge in [-0.25, -0.2) is 0 Å². The van der Waals surface area contributed by atoms with Crippen LogP contribution >= 0.6 is 0 Å². The van der Waals surface area contributed by atoms with Crippen LogP contribution in [-0.4, -0.2) is 0 Å². The van der Waals surface area contributed by atoms with Crippen LogP contribution in [0.1, 0.15) is 91.6 Å². The summed E-state index contributed by atoms with van der Waals surface area (Å²) >= 11 is 0. The monoisotopic (exact) mass is 891 g/mol. The first kappa shape index (κ1) is 40.4. The molecule has 0 saturated carbocycles. The lowest BCUT2D eigenvalue weighted by Crippen LogP contribution is -2.24. The van der Waals surface area contributed by atoms with Gasteiger partial charge in [0.05, 0.1) is 0 Å². The van der Waals surface area contributed by atoms with E-state index >= 15 is 0 Å². The second-order valence-corrected chi connectivity index (χ2v) is 21.9. The van der Waals surface area contributed by atoms with E-state index in [1.807, 2.05) is 0 Å². The van der Waals surface area contributed by atoms with Crippen LogP contribution in [0.3, 0.4) is 0 Å². The van der Waals surface area contributed by atoms with Gasteiger partial charge in [-0.15, -0.1) is 0 Å². The van der Waals surface area contributed by atoms with Crippen molar-refractivity contribution in [2.24, 2.45) is 0 Å². The Morgan fingerprint density at radius 1 is 0.362 bits per heavy atom. The molecule has 0 N–H and O–H groups in total. The van der Waals surface area contributed by atoms with E-state index < -0.39 is 0 Å². The molecule has 3 nitrogen and oxygen atoms in total. The van der Waals surface area contributed by atoms with E-state index in [1.165, 1.54) is 105 Å². The molecule has 0 amide bonds. The zero-order valence-electron chi connectivity index (χ0n) is 40.8. The van der Waals surface area contributed by atoms with Crippen molar-refractivity contribution in [3.63, 3.8) is 0 Å². The molecule has 3 aliphatic rings. The van der Waals surface area contributed by atoms with Gasteiger partial charge < -0.3 is 13.7 Å². The summed E-state index contributed by atoms with van der Waals surface area (Å²) in [4.78, 5) is 2.50. The predicted molar refractivity (Wildman–Crippen MR) is 288 cm³/mol. The molecule has 69 heavy (non-hydrogen) atoms. The average Bonchev–Trinajstić information content (AvgIpc) is 4.08. The summed E-state index contributed by atoms with van der Waals surface area (Å²) in [5.41, 5.74) is 28.2. The Bertz CT molecular complexity index is 4050. The minimum Gasteiger partial charge on any atom is -0.455 e. The molecule has 9 aromatic carbocycles. The van der Waals surface area contributed by atoms with Crippen molar-refractivity contribution in [3.05, 3.63) is 208 Å². The molecule has 3 aliphatic carbocycles. The van der Waals surface area contributed by atoms with Crippen LogP contribution < -0.4 is 4.90 Å². The molecule has 0 atom stereocenters. The number of para-hydroxylation sites is 2. The van der Waals surface area contributed by atoms with Crippen molar-refractivity contribution >= 4 is 60.9 Å². The summed E-state index contributed by atoms with van der Waals surface area (Å²) in [5.74, 6) is 0. The third-order valence-electron chi connectivity index (χ3n) is 16.5. The van der Waals surface area contributed by atoms with Crippen LogP contribution in [0.4, 0.5) is 17.1 Å². The molecule has 0 bridgehead atoms. The Kier molecular flexibility index (Phi) is 7.94. The van der Waals surface area contributed by atoms with Gasteiger partial charge in [0.2, 0.25) is 0 Å². The van der Waals surface area contributed by atoms with Gasteiger partial charge in [0.1, 0.15) is 22.3 Å². The van der Waals surface area contributed by atoms with E-state index in [0.717, 1.165) is 50.3 Å². The topological polar surface area (TPSA) is 29.5 Å². The first-order valence-corrected chi connectivity index (χ1v) is 24.6. The maximum absolute atomic E-state index is 7.05. The molecule has 11 aromatic rings. The number of rotatable bonds is 4. The smallest absolute Gasteiger partial charge is 0.144 e. The Balaban J connectivity index is 0.990. The SMILES string of the molecule is Cc1ccc(-c2cc3c(c4c2oc2ccccc24)-c2ccc(N(c4cc(C)cc(C)c4)c4ccc5c(c4)C(C)(C)c4c6c(c7c(oc8ccccc87)c4-5)-c4ccccc4C6(C)C)cc2C3(C)C)cc1. The fourth-order valence-corrected chi connectivity index (χ4v) is 13.4. The van der Waals surface area contributed by atoms with Gasteiger partial charge >= 0.3 is 0 Å². The number of hydrogen-bond donors (Lipinski definition) is 0. The van der Waals surface area contributed by atoms with Crippen molar-refractivity contribution in [3.8, 4) is 44.5 Å². The first-order chi connectivity index (χ1) is 33.2. The van der Waals surface area contributed by atoms with Gasteiger partial charge in [0.25, 0.3) is 0 Å². The second-order valence-electron chi connectivity index (χ2n) is 21.9. The Labute approximate surface area is 403 Å². The van der Waals surface area contributed by atoms with Crippen molar-refractivity contribution in [2.75, 3.05) is 4.90 Å². The molecule has 2 aromatic heterocycles. The van der Waals surface area contributed by atoms with Crippen LogP contribution in [0.2, 0.25) is 0 Å². The molecular formula is C66H53NO2. The highest BCUT2D eigenvalue weighted by molar-refractivity contribution is 6.21. The normalized spacial score (nSPS) is 15.4. The van der Waals surface area contributed by atoms with E-state index in [-0.39, 0.29) is 16.2 Å². The Morgan fingerprint density at radius 2 is 0.884 bits per heavy atom. The van der Waals surface area contributed by atoms with E-state index in [4.69, 9.17) is 8.83 Å². The molecular weight excluding hydrogens is 839 g/mol. The van der Waals surface area contributed by atoms with Crippen molar-refractivity contribution in [2.45, 2.75) is 78.6 Å². The molecule has 14 rings (SSSR count). The molecule has 3 heteroatoms. The van der Waals surface area contributed by atoms with Gasteiger partial charge in [0.15, 0.2) is 0 Å². The minimum atomic E-state index is -0.332. The Morgan fingerprint density at radius 3 is 1.55 bits per heavy atom. The van der Waals surface area contributed by atoms with Crippen LogP contribution in [-0.2, 0) is 16.2 Å². The lowest BCUT2D eigenvalue weighted by Gasteiger charge is -2.32. The summed E-state index contributed by atoms with van der Waals surface area (Å²) in [6.45, 7) is 21.1. The van der Waals surface area contributed by atoms with E-state index in [1.54, 1.807) is 0 Å². The summed E-state index contributed by atoms with van der Waals surface area (Å²) in [6.07, 6.45) is 0. The molecule has 2 heterocycles. The maximum atomic E-state index is 7.05. The van der Waals surface area contributed by atoms with Crippen molar-refractivity contribution < 1.29 is 8.83 Å². The number of fused-ring (bicyclic) bond motifs is 19. The van der Waals surface area contributed by atoms with E-state index in [0.29, 0.717) is 0 Å². The van der Waals surface area contributed by atoms with Crippen molar-refractivity contribution in [1.82, 2.24) is 0 Å². The van der Waals surface area contributed by atoms with Gasteiger partial charge in [-0.2, -0.15) is 0 Å². The molecule has 0 unspecified atom stereocenters. The molecule has 334 valence electrons. The maximum Gasteiger partial charge on any atom is 0.144 e. The molecule has 0 aliphatic heterocycles. The molecule has 0 radical (unpaired) electrons. The third-order valence-corrected chi connectivity index (χ3v) is 16.5. The quantitative estimate of drug-likeness (QED) is 0.176.